The molecule has 2 aliphatic rings. The fourth-order valence-electron chi connectivity index (χ4n) is 4.38. The summed E-state index contributed by atoms with van der Waals surface area (Å²) in [6.07, 6.45) is -4.05. The van der Waals surface area contributed by atoms with Gasteiger partial charge >= 0.3 is 12.1 Å². The molecule has 1 unspecified atom stereocenters. The number of hydrogen-bond donors (Lipinski definition) is 2. The lowest BCUT2D eigenvalue weighted by Gasteiger charge is -2.34. The highest BCUT2D eigenvalue weighted by Crippen LogP contribution is 2.36. The van der Waals surface area contributed by atoms with E-state index in [1.54, 1.807) is 0 Å². The highest BCUT2D eigenvalue weighted by molar-refractivity contribution is 5.73. The molecule has 0 saturated heterocycles. The minimum absolute atomic E-state index is 0.407. The number of aliphatic carboxylic acids is 1. The van der Waals surface area contributed by atoms with Gasteiger partial charge in [-0.05, 0) is 29.8 Å². The third-order valence-electron chi connectivity index (χ3n) is 5.97. The van der Waals surface area contributed by atoms with Crippen molar-refractivity contribution in [3.8, 4) is 5.88 Å². The predicted octanol–water partition coefficient (Wildman–Crippen LogP) is 4.49. The molecule has 0 fully saturated rings. The summed E-state index contributed by atoms with van der Waals surface area (Å²) in [7, 11) is 2.20. The maximum absolute atomic E-state index is 10.6. The number of nitrogens with one attached hydrogen (secondary N) is 1. The molecule has 0 spiro atoms. The molecule has 1 atom stereocenters. The van der Waals surface area contributed by atoms with Crippen LogP contribution in [0.4, 0.5) is 18.9 Å². The van der Waals surface area contributed by atoms with Crippen LogP contribution in [0.5, 0.6) is 5.88 Å². The number of carboxylic acids is 1. The van der Waals surface area contributed by atoms with Gasteiger partial charge in [0.2, 0.25) is 5.88 Å². The summed E-state index contributed by atoms with van der Waals surface area (Å²) >= 11 is 0. The lowest BCUT2D eigenvalue weighted by molar-refractivity contribution is -0.192. The maximum Gasteiger partial charge on any atom is 0.490 e. The van der Waals surface area contributed by atoms with Crippen LogP contribution in [-0.2, 0) is 24.4 Å². The fourth-order valence-corrected chi connectivity index (χ4v) is 4.38. The monoisotopic (exact) mass is 488 g/mol. The van der Waals surface area contributed by atoms with Crippen LogP contribution in [0.3, 0.4) is 0 Å². The van der Waals surface area contributed by atoms with E-state index in [1.165, 1.54) is 22.4 Å². The van der Waals surface area contributed by atoms with Crippen LogP contribution in [0.15, 0.2) is 54.6 Å². The number of alkyl halides is 3. The van der Waals surface area contributed by atoms with Crippen molar-refractivity contribution >= 4 is 11.7 Å². The first-order valence-electron chi connectivity index (χ1n) is 11.3. The zero-order valence-corrected chi connectivity index (χ0v) is 19.3. The number of anilines is 1. The number of benzene rings is 2. The van der Waals surface area contributed by atoms with Gasteiger partial charge in [0, 0.05) is 43.7 Å². The number of carboxylic acid groups (broad SMARTS) is 1. The maximum atomic E-state index is 10.6. The van der Waals surface area contributed by atoms with E-state index in [9.17, 15) is 13.2 Å². The van der Waals surface area contributed by atoms with Gasteiger partial charge in [-0.1, -0.05) is 42.5 Å². The van der Waals surface area contributed by atoms with E-state index in [1.807, 2.05) is 4.68 Å². The van der Waals surface area contributed by atoms with E-state index in [2.05, 4.69) is 77.0 Å². The van der Waals surface area contributed by atoms with Crippen molar-refractivity contribution in [2.45, 2.75) is 38.1 Å². The molecule has 1 aromatic heterocycles. The average Bonchev–Trinajstić information content (AvgIpc) is 3.26. The number of aryl methyl sites for hydroxylation is 1. The Kier molecular flexibility index (Phi) is 7.30. The van der Waals surface area contributed by atoms with Gasteiger partial charge < -0.3 is 20.1 Å². The summed E-state index contributed by atoms with van der Waals surface area (Å²) in [6.45, 7) is 4.45. The zero-order chi connectivity index (χ0) is 25.0. The Bertz CT molecular complexity index is 1140. The van der Waals surface area contributed by atoms with Gasteiger partial charge in [0.25, 0.3) is 0 Å². The van der Waals surface area contributed by atoms with Crippen LogP contribution >= 0.6 is 0 Å². The molecule has 186 valence electrons. The molecule has 0 aliphatic carbocycles. The molecular weight excluding hydrogens is 461 g/mol. The van der Waals surface area contributed by atoms with Crippen molar-refractivity contribution in [1.82, 2.24) is 14.7 Å². The number of aromatic nitrogens is 2. The Morgan fingerprint density at radius 2 is 1.94 bits per heavy atom. The Balaban J connectivity index is 0.000000364. The topological polar surface area (TPSA) is 79.6 Å². The number of hydrogen-bond acceptors (Lipinski definition) is 5. The number of fused-ring (bicyclic) bond motifs is 2. The van der Waals surface area contributed by atoms with Crippen molar-refractivity contribution in [3.63, 3.8) is 0 Å². The predicted molar refractivity (Wildman–Crippen MR) is 124 cm³/mol. The first-order chi connectivity index (χ1) is 16.7. The van der Waals surface area contributed by atoms with E-state index in [4.69, 9.17) is 14.6 Å². The Morgan fingerprint density at radius 1 is 1.20 bits per heavy atom. The number of likely N-dealkylation sites (N-methyl/N-ethyl adjacent to an activating group) is 1. The number of nitrogens with zero attached hydrogens (tertiary/aromatic N) is 3. The van der Waals surface area contributed by atoms with Crippen LogP contribution in [0.1, 0.15) is 34.7 Å². The molecule has 2 aliphatic heterocycles. The van der Waals surface area contributed by atoms with E-state index < -0.39 is 12.1 Å². The van der Waals surface area contributed by atoms with Crippen molar-refractivity contribution in [1.29, 1.82) is 0 Å². The molecule has 0 radical (unpaired) electrons. The second-order valence-corrected chi connectivity index (χ2v) is 8.59. The number of rotatable bonds is 4. The third kappa shape index (κ3) is 5.94. The number of ether oxygens (including phenoxy) is 1. The lowest BCUT2D eigenvalue weighted by atomic mass is 9.84. The van der Waals surface area contributed by atoms with Crippen LogP contribution in [0.2, 0.25) is 0 Å². The minimum Gasteiger partial charge on any atom is -0.478 e. The van der Waals surface area contributed by atoms with Crippen LogP contribution in [-0.4, -0.2) is 52.1 Å². The lowest BCUT2D eigenvalue weighted by Crippen LogP contribution is -2.31. The molecule has 0 bridgehead atoms. The molecule has 2 N–H and O–H groups in total. The Morgan fingerprint density at radius 3 is 2.63 bits per heavy atom. The van der Waals surface area contributed by atoms with Crippen molar-refractivity contribution < 1.29 is 27.8 Å². The normalized spacial score (nSPS) is 17.3. The Hall–Kier alpha value is -3.53. The minimum atomic E-state index is -5.08. The molecule has 5 rings (SSSR count). The summed E-state index contributed by atoms with van der Waals surface area (Å²) in [4.78, 5) is 11.3. The highest BCUT2D eigenvalue weighted by Gasteiger charge is 2.38. The first kappa shape index (κ1) is 24.6. The van der Waals surface area contributed by atoms with E-state index in [0.29, 0.717) is 12.5 Å². The van der Waals surface area contributed by atoms with Crippen LogP contribution < -0.4 is 10.1 Å². The van der Waals surface area contributed by atoms with Gasteiger partial charge in [-0.3, -0.25) is 0 Å². The van der Waals surface area contributed by atoms with E-state index in [0.717, 1.165) is 44.2 Å². The zero-order valence-electron chi connectivity index (χ0n) is 19.3. The van der Waals surface area contributed by atoms with Gasteiger partial charge in [0.15, 0.2) is 0 Å². The van der Waals surface area contributed by atoms with Gasteiger partial charge in [0.1, 0.15) is 0 Å². The van der Waals surface area contributed by atoms with Crippen LogP contribution in [0.25, 0.3) is 0 Å². The summed E-state index contributed by atoms with van der Waals surface area (Å²) < 4.78 is 39.4. The quantitative estimate of drug-likeness (QED) is 0.564. The number of halogens is 3. The van der Waals surface area contributed by atoms with Gasteiger partial charge in [-0.15, -0.1) is 0 Å². The summed E-state index contributed by atoms with van der Waals surface area (Å²) in [5, 5.41) is 15.4. The molecular formula is C25H27F3N4O3. The first-order valence-corrected chi connectivity index (χ1v) is 11.3. The highest BCUT2D eigenvalue weighted by atomic mass is 19.4. The largest absolute Gasteiger partial charge is 0.490 e. The summed E-state index contributed by atoms with van der Waals surface area (Å²) in [5.41, 5.74) is 6.44. The molecule has 2 aromatic carbocycles. The second-order valence-electron chi connectivity index (χ2n) is 8.59. The standard InChI is InChI=1S/C23H26N4O.C2HF3O2/c1-26-15-20(17-7-3-2-4-8-17)19-9-5-10-22(21(19)16-26)24-14-18-13-23-27(25-18)11-6-12-28-23;3-2(4,5)1(6)7/h2-5,7-10,13,20,24H,6,11-12,14-16H2,1H3;(H,6,7). The molecule has 7 nitrogen and oxygen atoms in total. The van der Waals surface area contributed by atoms with Gasteiger partial charge in [-0.25, -0.2) is 9.48 Å². The van der Waals surface area contributed by atoms with Crippen molar-refractivity contribution in [2.24, 2.45) is 0 Å². The third-order valence-corrected chi connectivity index (χ3v) is 5.97. The Labute approximate surface area is 201 Å². The fraction of sp³-hybridized carbons (Fsp3) is 0.360. The molecule has 0 amide bonds. The molecule has 35 heavy (non-hydrogen) atoms. The van der Waals surface area contributed by atoms with Crippen LogP contribution in [0, 0.1) is 0 Å². The van der Waals surface area contributed by atoms with Crippen molar-refractivity contribution in [2.75, 3.05) is 25.5 Å². The summed E-state index contributed by atoms with van der Waals surface area (Å²) in [5.74, 6) is -1.46. The molecule has 3 heterocycles. The summed E-state index contributed by atoms with van der Waals surface area (Å²) in [6, 6.07) is 19.5. The van der Waals surface area contributed by atoms with E-state index in [-0.39, 0.29) is 0 Å². The van der Waals surface area contributed by atoms with Gasteiger partial charge in [-0.2, -0.15) is 18.3 Å². The molecule has 10 heteroatoms. The van der Waals surface area contributed by atoms with Crippen molar-refractivity contribution in [3.05, 3.63) is 77.0 Å². The molecule has 0 saturated carbocycles. The second kappa shape index (κ2) is 10.4. The van der Waals surface area contributed by atoms with Gasteiger partial charge in [0.05, 0.1) is 18.8 Å². The molecule has 3 aromatic rings. The smallest absolute Gasteiger partial charge is 0.478 e. The average molecular weight is 489 g/mol. The number of carbonyl (C=O) groups is 1. The van der Waals surface area contributed by atoms with E-state index >= 15 is 0 Å². The SMILES string of the molecule is CN1Cc2c(NCc3cc4n(n3)CCCO4)cccc2C(c2ccccc2)C1.O=C(O)C(F)(F)F.